The maximum absolute atomic E-state index is 13.5. The van der Waals surface area contributed by atoms with E-state index in [1.165, 1.54) is 18.2 Å². The topological polar surface area (TPSA) is 85.2 Å². The van der Waals surface area contributed by atoms with E-state index >= 15 is 0 Å². The molecule has 1 aromatic carbocycles. The zero-order valence-electron chi connectivity index (χ0n) is 12.2. The molecule has 0 aliphatic carbocycles. The lowest BCUT2D eigenvalue weighted by atomic mass is 10.0. The molecule has 0 fully saturated rings. The molecule has 0 bridgehead atoms. The van der Waals surface area contributed by atoms with Gasteiger partial charge in [-0.25, -0.2) is 9.18 Å². The number of nitriles is 1. The third kappa shape index (κ3) is 5.79. The third-order valence-electron chi connectivity index (χ3n) is 3.11. The van der Waals surface area contributed by atoms with Gasteiger partial charge < -0.3 is 15.7 Å². The van der Waals surface area contributed by atoms with E-state index in [9.17, 15) is 14.3 Å². The van der Waals surface area contributed by atoms with Crippen molar-refractivity contribution in [3.05, 3.63) is 35.1 Å². The molecule has 2 amide bonds. The first-order valence-electron chi connectivity index (χ1n) is 6.82. The molecule has 0 spiro atoms. The molecule has 0 radical (unpaired) electrons. The van der Waals surface area contributed by atoms with Crippen LogP contribution in [0.15, 0.2) is 18.2 Å². The molecule has 114 valence electrons. The van der Waals surface area contributed by atoms with Gasteiger partial charge in [0.25, 0.3) is 0 Å². The second kappa shape index (κ2) is 8.22. The number of nitrogens with one attached hydrogen (secondary N) is 2. The molecule has 1 atom stereocenters. The van der Waals surface area contributed by atoms with Crippen molar-refractivity contribution < 1.29 is 14.3 Å². The van der Waals surface area contributed by atoms with Crippen LogP contribution < -0.4 is 10.6 Å². The Hall–Kier alpha value is -2.13. The number of aliphatic hydroxyl groups excluding tert-OH is 1. The van der Waals surface area contributed by atoms with Crippen molar-refractivity contribution in [2.45, 2.75) is 32.9 Å². The van der Waals surface area contributed by atoms with E-state index in [0.29, 0.717) is 18.5 Å². The van der Waals surface area contributed by atoms with Crippen LogP contribution in [0, 0.1) is 23.1 Å². The zero-order chi connectivity index (χ0) is 15.8. The predicted octanol–water partition coefficient (Wildman–Crippen LogP) is 1.90. The molecular weight excluding hydrogens is 273 g/mol. The number of amides is 2. The van der Waals surface area contributed by atoms with E-state index in [1.54, 1.807) is 0 Å². The van der Waals surface area contributed by atoms with E-state index in [1.807, 2.05) is 19.9 Å². The monoisotopic (exact) mass is 293 g/mol. The molecule has 0 saturated carbocycles. The summed E-state index contributed by atoms with van der Waals surface area (Å²) in [4.78, 5) is 11.5. The van der Waals surface area contributed by atoms with Crippen LogP contribution in [0.2, 0.25) is 0 Å². The molecule has 0 aliphatic rings. The van der Waals surface area contributed by atoms with E-state index in [2.05, 4.69) is 10.6 Å². The van der Waals surface area contributed by atoms with Crippen LogP contribution in [0.1, 0.15) is 31.4 Å². The van der Waals surface area contributed by atoms with Crippen LogP contribution in [0.4, 0.5) is 9.18 Å². The summed E-state index contributed by atoms with van der Waals surface area (Å²) in [6, 6.07) is 5.46. The van der Waals surface area contributed by atoms with Crippen LogP contribution in [0.25, 0.3) is 0 Å². The van der Waals surface area contributed by atoms with Gasteiger partial charge in [0.05, 0.1) is 17.7 Å². The molecule has 1 aromatic rings. The summed E-state index contributed by atoms with van der Waals surface area (Å²) in [5.41, 5.74) is 0.597. The summed E-state index contributed by atoms with van der Waals surface area (Å²) in [7, 11) is 0. The minimum Gasteiger partial charge on any atom is -0.393 e. The van der Waals surface area contributed by atoms with E-state index in [-0.39, 0.29) is 18.0 Å². The van der Waals surface area contributed by atoms with E-state index < -0.39 is 18.0 Å². The first kappa shape index (κ1) is 16.9. The number of carbonyl (C=O) groups excluding carboxylic acids is 1. The molecule has 0 aromatic heterocycles. The summed E-state index contributed by atoms with van der Waals surface area (Å²) < 4.78 is 13.5. The Balaban J connectivity index is 2.38. The van der Waals surface area contributed by atoms with Crippen LogP contribution >= 0.6 is 0 Å². The summed E-state index contributed by atoms with van der Waals surface area (Å²) in [5, 5.41) is 23.4. The van der Waals surface area contributed by atoms with Crippen molar-refractivity contribution in [2.75, 3.05) is 6.54 Å². The fraction of sp³-hybridized carbons (Fsp3) is 0.467. The summed E-state index contributed by atoms with van der Waals surface area (Å²) in [6.45, 7) is 4.14. The number of rotatable bonds is 6. The van der Waals surface area contributed by atoms with Gasteiger partial charge in [-0.2, -0.15) is 5.26 Å². The molecule has 6 heteroatoms. The standard InChI is InChI=1S/C15H20FN3O2/c1-10(2)14(20)5-6-18-15(21)19-9-12-7-11(8-17)3-4-13(12)16/h3-4,7,10,14,20H,5-6,9H2,1-2H3,(H2,18,19,21). The highest BCUT2D eigenvalue weighted by Crippen LogP contribution is 2.09. The lowest BCUT2D eigenvalue weighted by Crippen LogP contribution is -2.37. The number of urea groups is 1. The van der Waals surface area contributed by atoms with Crippen LogP contribution in [-0.2, 0) is 6.54 Å². The van der Waals surface area contributed by atoms with Crippen molar-refractivity contribution >= 4 is 6.03 Å². The molecular formula is C15H20FN3O2. The van der Waals surface area contributed by atoms with Gasteiger partial charge in [-0.1, -0.05) is 13.8 Å². The highest BCUT2D eigenvalue weighted by atomic mass is 19.1. The van der Waals surface area contributed by atoms with Crippen molar-refractivity contribution in [3.8, 4) is 6.07 Å². The molecule has 3 N–H and O–H groups in total. The average molecular weight is 293 g/mol. The zero-order valence-corrected chi connectivity index (χ0v) is 12.2. The minimum atomic E-state index is -0.468. The normalized spacial score (nSPS) is 11.8. The first-order chi connectivity index (χ1) is 9.93. The Bertz CT molecular complexity index is 526. The van der Waals surface area contributed by atoms with E-state index in [0.717, 1.165) is 0 Å². The summed E-state index contributed by atoms with van der Waals surface area (Å²) >= 11 is 0. The fourth-order valence-electron chi connectivity index (χ4n) is 1.68. The smallest absolute Gasteiger partial charge is 0.315 e. The Labute approximate surface area is 123 Å². The molecule has 1 unspecified atom stereocenters. The number of hydrogen-bond donors (Lipinski definition) is 3. The second-order valence-electron chi connectivity index (χ2n) is 5.13. The number of aliphatic hydroxyl groups is 1. The number of nitrogens with zero attached hydrogens (tertiary/aromatic N) is 1. The fourth-order valence-corrected chi connectivity index (χ4v) is 1.68. The van der Waals surface area contributed by atoms with Gasteiger partial charge in [0.15, 0.2) is 0 Å². The quantitative estimate of drug-likeness (QED) is 0.749. The van der Waals surface area contributed by atoms with Gasteiger partial charge in [0.2, 0.25) is 0 Å². The summed E-state index contributed by atoms with van der Waals surface area (Å²) in [6.07, 6.45) is -0.00124. The number of benzene rings is 1. The Morgan fingerprint density at radius 2 is 2.14 bits per heavy atom. The second-order valence-corrected chi connectivity index (χ2v) is 5.13. The van der Waals surface area contributed by atoms with Gasteiger partial charge >= 0.3 is 6.03 Å². The highest BCUT2D eigenvalue weighted by Gasteiger charge is 2.10. The number of carbonyl (C=O) groups is 1. The Kier molecular flexibility index (Phi) is 6.63. The lowest BCUT2D eigenvalue weighted by molar-refractivity contribution is 0.116. The van der Waals surface area contributed by atoms with Gasteiger partial charge in [0.1, 0.15) is 5.82 Å². The lowest BCUT2D eigenvalue weighted by Gasteiger charge is -2.14. The van der Waals surface area contributed by atoms with Crippen molar-refractivity contribution in [1.82, 2.24) is 10.6 Å². The first-order valence-corrected chi connectivity index (χ1v) is 6.82. The van der Waals surface area contributed by atoms with Crippen molar-refractivity contribution in [3.63, 3.8) is 0 Å². The highest BCUT2D eigenvalue weighted by molar-refractivity contribution is 5.73. The van der Waals surface area contributed by atoms with Gasteiger partial charge in [-0.15, -0.1) is 0 Å². The van der Waals surface area contributed by atoms with Gasteiger partial charge in [-0.3, -0.25) is 0 Å². The largest absolute Gasteiger partial charge is 0.393 e. The van der Waals surface area contributed by atoms with E-state index in [4.69, 9.17) is 5.26 Å². The number of hydrogen-bond acceptors (Lipinski definition) is 3. The molecule has 0 heterocycles. The van der Waals surface area contributed by atoms with Crippen molar-refractivity contribution in [2.24, 2.45) is 5.92 Å². The summed E-state index contributed by atoms with van der Waals surface area (Å²) in [5.74, 6) is -0.331. The average Bonchev–Trinajstić information content (AvgIpc) is 2.46. The van der Waals surface area contributed by atoms with Crippen LogP contribution in [0.5, 0.6) is 0 Å². The third-order valence-corrected chi connectivity index (χ3v) is 3.11. The van der Waals surface area contributed by atoms with Crippen LogP contribution in [0.3, 0.4) is 0 Å². The number of halogens is 1. The molecule has 0 saturated heterocycles. The predicted molar refractivity (Wildman–Crippen MR) is 76.8 cm³/mol. The van der Waals surface area contributed by atoms with Gasteiger partial charge in [0, 0.05) is 18.7 Å². The van der Waals surface area contributed by atoms with Crippen molar-refractivity contribution in [1.29, 1.82) is 5.26 Å². The Morgan fingerprint density at radius 3 is 2.76 bits per heavy atom. The molecule has 5 nitrogen and oxygen atoms in total. The SMILES string of the molecule is CC(C)C(O)CCNC(=O)NCc1cc(C#N)ccc1F. The Morgan fingerprint density at radius 1 is 1.43 bits per heavy atom. The molecule has 21 heavy (non-hydrogen) atoms. The van der Waals surface area contributed by atoms with Gasteiger partial charge in [-0.05, 0) is 30.5 Å². The minimum absolute atomic E-state index is 0.0000786. The molecule has 1 rings (SSSR count). The maximum Gasteiger partial charge on any atom is 0.315 e. The molecule has 0 aliphatic heterocycles. The maximum atomic E-state index is 13.5. The van der Waals surface area contributed by atoms with Crippen LogP contribution in [-0.4, -0.2) is 23.8 Å².